The molecular weight excluding hydrogens is 208 g/mol. The van der Waals surface area contributed by atoms with E-state index in [-0.39, 0.29) is 0 Å². The topological polar surface area (TPSA) is 17.1 Å². The van der Waals surface area contributed by atoms with Gasteiger partial charge in [-0.25, -0.2) is 0 Å². The van der Waals surface area contributed by atoms with Crippen molar-refractivity contribution in [1.82, 2.24) is 0 Å². The zero-order chi connectivity index (χ0) is 12.6. The smallest absolute Gasteiger partial charge is 0.124 e. The summed E-state index contributed by atoms with van der Waals surface area (Å²) in [6.45, 7) is 8.53. The van der Waals surface area contributed by atoms with Gasteiger partial charge in [-0.05, 0) is 66.3 Å². The van der Waals surface area contributed by atoms with E-state index in [1.807, 2.05) is 0 Å². The molecule has 0 saturated carbocycles. The largest absolute Gasteiger partial charge is 0.303 e. The van der Waals surface area contributed by atoms with Gasteiger partial charge in [-0.2, -0.15) is 0 Å². The summed E-state index contributed by atoms with van der Waals surface area (Å²) in [6.07, 6.45) is 1.51. The van der Waals surface area contributed by atoms with Crippen molar-refractivity contribution >= 4 is 17.1 Å². The van der Waals surface area contributed by atoms with Crippen LogP contribution in [-0.2, 0) is 11.2 Å². The van der Waals surface area contributed by atoms with Crippen LogP contribution in [0.4, 0.5) is 0 Å². The van der Waals surface area contributed by atoms with Crippen molar-refractivity contribution in [3.63, 3.8) is 0 Å². The predicted molar refractivity (Wildman–Crippen MR) is 72.7 cm³/mol. The number of hydrogen-bond acceptors (Lipinski definition) is 1. The van der Waals surface area contributed by atoms with E-state index in [1.165, 1.54) is 38.6 Å². The van der Waals surface area contributed by atoms with Gasteiger partial charge in [0.05, 0.1) is 0 Å². The van der Waals surface area contributed by atoms with Crippen molar-refractivity contribution in [2.75, 3.05) is 0 Å². The average Bonchev–Trinajstić information content (AvgIpc) is 2.31. The van der Waals surface area contributed by atoms with Crippen LogP contribution in [0.3, 0.4) is 0 Å². The molecule has 0 saturated heterocycles. The fraction of sp³-hybridized carbons (Fsp3) is 0.312. The number of aldehydes is 1. The van der Waals surface area contributed by atoms with Gasteiger partial charge in [0, 0.05) is 6.42 Å². The monoisotopic (exact) mass is 226 g/mol. The van der Waals surface area contributed by atoms with Crippen molar-refractivity contribution in [3.05, 3.63) is 46.0 Å². The lowest BCUT2D eigenvalue weighted by atomic mass is 9.88. The molecule has 1 heteroatoms. The molecule has 0 aliphatic heterocycles. The highest BCUT2D eigenvalue weighted by atomic mass is 16.1. The van der Waals surface area contributed by atoms with Gasteiger partial charge in [-0.15, -0.1) is 0 Å². The van der Waals surface area contributed by atoms with Gasteiger partial charge in [0.25, 0.3) is 0 Å². The summed E-state index contributed by atoms with van der Waals surface area (Å²) >= 11 is 0. The lowest BCUT2D eigenvalue weighted by molar-refractivity contribution is -0.107. The Morgan fingerprint density at radius 2 is 1.71 bits per heavy atom. The molecule has 2 rings (SSSR count). The molecule has 0 bridgehead atoms. The molecule has 0 aliphatic rings. The van der Waals surface area contributed by atoms with Gasteiger partial charge in [0.2, 0.25) is 0 Å². The predicted octanol–water partition coefficient (Wildman–Crippen LogP) is 3.81. The van der Waals surface area contributed by atoms with E-state index in [1.54, 1.807) is 0 Å². The average molecular weight is 226 g/mol. The minimum atomic E-state index is 0.516. The van der Waals surface area contributed by atoms with E-state index in [0.29, 0.717) is 6.42 Å². The molecule has 88 valence electrons. The third-order valence-corrected chi connectivity index (χ3v) is 3.81. The molecule has 0 fully saturated rings. The molecule has 1 nitrogen and oxygen atoms in total. The van der Waals surface area contributed by atoms with E-state index in [2.05, 4.69) is 45.9 Å². The molecule has 0 N–H and O–H groups in total. The molecular formula is C16H18O. The second kappa shape index (κ2) is 4.33. The maximum atomic E-state index is 10.8. The first-order valence-electron chi connectivity index (χ1n) is 5.99. The number of hydrogen-bond donors (Lipinski definition) is 0. The van der Waals surface area contributed by atoms with Crippen molar-refractivity contribution in [3.8, 4) is 0 Å². The standard InChI is InChI=1S/C16H18O/c1-10-6-5-7-15-13(4)14(8-9-17)11(2)12(3)16(10)15/h5-7,9H,8H2,1-4H3. The zero-order valence-corrected chi connectivity index (χ0v) is 10.9. The summed E-state index contributed by atoms with van der Waals surface area (Å²) in [4.78, 5) is 10.8. The number of carbonyl (C=O) groups is 1. The normalized spacial score (nSPS) is 10.8. The first-order chi connectivity index (χ1) is 8.07. The minimum absolute atomic E-state index is 0.516. The molecule has 0 aliphatic carbocycles. The van der Waals surface area contributed by atoms with Gasteiger partial charge < -0.3 is 4.79 Å². The third kappa shape index (κ3) is 1.76. The molecule has 2 aromatic carbocycles. The van der Waals surface area contributed by atoms with Crippen LogP contribution in [0, 0.1) is 27.7 Å². The summed E-state index contributed by atoms with van der Waals surface area (Å²) in [5.74, 6) is 0. The zero-order valence-electron chi connectivity index (χ0n) is 10.9. The maximum absolute atomic E-state index is 10.8. The Kier molecular flexibility index (Phi) is 3.01. The summed E-state index contributed by atoms with van der Waals surface area (Å²) < 4.78 is 0. The van der Waals surface area contributed by atoms with Gasteiger partial charge in [0.15, 0.2) is 0 Å². The number of aryl methyl sites for hydroxylation is 3. The van der Waals surface area contributed by atoms with Gasteiger partial charge >= 0.3 is 0 Å². The summed E-state index contributed by atoms with van der Waals surface area (Å²) in [5, 5.41) is 2.63. The first kappa shape index (κ1) is 11.8. The summed E-state index contributed by atoms with van der Waals surface area (Å²) in [6, 6.07) is 6.39. The third-order valence-electron chi connectivity index (χ3n) is 3.81. The minimum Gasteiger partial charge on any atom is -0.303 e. The molecule has 0 spiro atoms. The molecule has 2 aromatic rings. The SMILES string of the molecule is Cc1c(CC=O)c(C)c2cccc(C)c2c1C. The number of benzene rings is 2. The molecule has 0 unspecified atom stereocenters. The molecule has 0 radical (unpaired) electrons. The lowest BCUT2D eigenvalue weighted by Crippen LogP contribution is -2.00. The summed E-state index contributed by atoms with van der Waals surface area (Å²) in [7, 11) is 0. The molecule has 0 atom stereocenters. The Morgan fingerprint density at radius 3 is 2.35 bits per heavy atom. The van der Waals surface area contributed by atoms with Crippen molar-refractivity contribution in [1.29, 1.82) is 0 Å². The van der Waals surface area contributed by atoms with Crippen molar-refractivity contribution < 1.29 is 4.79 Å². The van der Waals surface area contributed by atoms with Crippen molar-refractivity contribution in [2.24, 2.45) is 0 Å². The second-order valence-corrected chi connectivity index (χ2v) is 4.72. The fourth-order valence-electron chi connectivity index (χ4n) is 2.73. The maximum Gasteiger partial charge on any atom is 0.124 e. The van der Waals surface area contributed by atoms with E-state index >= 15 is 0 Å². The van der Waals surface area contributed by atoms with E-state index in [0.717, 1.165) is 6.29 Å². The van der Waals surface area contributed by atoms with Crippen LogP contribution in [0.5, 0.6) is 0 Å². The van der Waals surface area contributed by atoms with Crippen LogP contribution in [0.2, 0.25) is 0 Å². The van der Waals surface area contributed by atoms with E-state index in [4.69, 9.17) is 0 Å². The van der Waals surface area contributed by atoms with Crippen LogP contribution >= 0.6 is 0 Å². The van der Waals surface area contributed by atoms with Crippen LogP contribution in [0.25, 0.3) is 10.8 Å². The van der Waals surface area contributed by atoms with Gasteiger partial charge in [-0.1, -0.05) is 18.2 Å². The number of rotatable bonds is 2. The quantitative estimate of drug-likeness (QED) is 0.711. The molecule has 17 heavy (non-hydrogen) atoms. The van der Waals surface area contributed by atoms with Crippen LogP contribution in [-0.4, -0.2) is 6.29 Å². The lowest BCUT2D eigenvalue weighted by Gasteiger charge is -2.16. The number of carbonyl (C=O) groups excluding carboxylic acids is 1. The van der Waals surface area contributed by atoms with Crippen LogP contribution < -0.4 is 0 Å². The highest BCUT2D eigenvalue weighted by molar-refractivity contribution is 5.93. The molecule has 0 aromatic heterocycles. The molecule has 0 heterocycles. The van der Waals surface area contributed by atoms with Crippen LogP contribution in [0.1, 0.15) is 27.8 Å². The van der Waals surface area contributed by atoms with Gasteiger partial charge in [-0.3, -0.25) is 0 Å². The summed E-state index contributed by atoms with van der Waals surface area (Å²) in [5.41, 5.74) is 6.32. The Bertz CT molecular complexity index is 594. The van der Waals surface area contributed by atoms with Gasteiger partial charge in [0.1, 0.15) is 6.29 Å². The fourth-order valence-corrected chi connectivity index (χ4v) is 2.73. The highest BCUT2D eigenvalue weighted by Gasteiger charge is 2.12. The van der Waals surface area contributed by atoms with E-state index < -0.39 is 0 Å². The molecule has 0 amide bonds. The Morgan fingerprint density at radius 1 is 1.00 bits per heavy atom. The first-order valence-corrected chi connectivity index (χ1v) is 5.99. The number of fused-ring (bicyclic) bond motifs is 1. The highest BCUT2D eigenvalue weighted by Crippen LogP contribution is 2.31. The Balaban J connectivity index is 2.94. The van der Waals surface area contributed by atoms with E-state index in [9.17, 15) is 4.79 Å². The van der Waals surface area contributed by atoms with Crippen LogP contribution in [0.15, 0.2) is 18.2 Å². The second-order valence-electron chi connectivity index (χ2n) is 4.72. The van der Waals surface area contributed by atoms with Crippen molar-refractivity contribution in [2.45, 2.75) is 34.1 Å². The Labute approximate surface area is 102 Å². The Hall–Kier alpha value is -1.63.